The van der Waals surface area contributed by atoms with Crippen LogP contribution in [0.15, 0.2) is 42.5 Å². The molecule has 0 amide bonds. The van der Waals surface area contributed by atoms with Crippen LogP contribution in [0.25, 0.3) is 0 Å². The number of hydrogen-bond donors (Lipinski definition) is 1. The van der Waals surface area contributed by atoms with Gasteiger partial charge in [0.2, 0.25) is 5.82 Å². The first-order chi connectivity index (χ1) is 10.1. The maximum absolute atomic E-state index is 13.6. The predicted octanol–water partition coefficient (Wildman–Crippen LogP) is 3.67. The highest BCUT2D eigenvalue weighted by molar-refractivity contribution is 5.52. The smallest absolute Gasteiger partial charge is 0.304 e. The van der Waals surface area contributed by atoms with E-state index in [4.69, 9.17) is 4.74 Å². The molecule has 0 spiro atoms. The van der Waals surface area contributed by atoms with Crippen molar-refractivity contribution < 1.29 is 14.1 Å². The summed E-state index contributed by atoms with van der Waals surface area (Å²) in [6.07, 6.45) is 0.746. The van der Waals surface area contributed by atoms with Gasteiger partial charge in [0.15, 0.2) is 0 Å². The second-order valence-electron chi connectivity index (χ2n) is 4.80. The van der Waals surface area contributed by atoms with E-state index in [1.165, 1.54) is 12.1 Å². The van der Waals surface area contributed by atoms with E-state index in [-0.39, 0.29) is 6.04 Å². The number of nitro groups is 1. The van der Waals surface area contributed by atoms with Crippen LogP contribution in [0.2, 0.25) is 0 Å². The number of halogens is 1. The molecule has 2 aromatic rings. The van der Waals surface area contributed by atoms with Gasteiger partial charge in [-0.15, -0.1) is 0 Å². The fraction of sp³-hybridized carbons (Fsp3) is 0.200. The number of nitrogens with one attached hydrogen (secondary N) is 1. The first kappa shape index (κ1) is 13.4. The Labute approximate surface area is 120 Å². The fourth-order valence-corrected chi connectivity index (χ4v) is 2.44. The second-order valence-corrected chi connectivity index (χ2v) is 4.80. The molecule has 1 unspecified atom stereocenters. The quantitative estimate of drug-likeness (QED) is 0.691. The van der Waals surface area contributed by atoms with Gasteiger partial charge in [-0.05, 0) is 12.1 Å². The minimum atomic E-state index is -0.842. The van der Waals surface area contributed by atoms with Gasteiger partial charge in [0.05, 0.1) is 17.6 Å². The first-order valence-corrected chi connectivity index (χ1v) is 6.57. The van der Waals surface area contributed by atoms with Crippen molar-refractivity contribution in [1.82, 2.24) is 0 Å². The van der Waals surface area contributed by atoms with Crippen LogP contribution >= 0.6 is 0 Å². The molecule has 108 valence electrons. The van der Waals surface area contributed by atoms with Gasteiger partial charge in [0.1, 0.15) is 5.75 Å². The van der Waals surface area contributed by atoms with Crippen LogP contribution < -0.4 is 10.1 Å². The van der Waals surface area contributed by atoms with Crippen LogP contribution in [-0.4, -0.2) is 11.5 Å². The molecule has 1 atom stereocenters. The summed E-state index contributed by atoms with van der Waals surface area (Å²) in [6.45, 7) is 0.574. The summed E-state index contributed by atoms with van der Waals surface area (Å²) < 4.78 is 19.2. The van der Waals surface area contributed by atoms with Crippen LogP contribution in [0, 0.1) is 15.9 Å². The van der Waals surface area contributed by atoms with Gasteiger partial charge in [0.25, 0.3) is 0 Å². The van der Waals surface area contributed by atoms with Crippen molar-refractivity contribution in [2.45, 2.75) is 12.5 Å². The molecule has 2 aromatic carbocycles. The summed E-state index contributed by atoms with van der Waals surface area (Å²) in [7, 11) is 0. The number of nitro benzene ring substituents is 1. The van der Waals surface area contributed by atoms with E-state index >= 15 is 0 Å². The number of benzene rings is 2. The number of ether oxygens (including phenoxy) is 1. The number of hydrogen-bond acceptors (Lipinski definition) is 4. The third kappa shape index (κ3) is 2.65. The van der Waals surface area contributed by atoms with E-state index in [0.717, 1.165) is 23.8 Å². The molecule has 0 saturated carbocycles. The van der Waals surface area contributed by atoms with Crippen LogP contribution in [-0.2, 0) is 0 Å². The molecular weight excluding hydrogens is 275 g/mol. The normalized spacial score (nSPS) is 16.7. The average molecular weight is 288 g/mol. The molecule has 1 N–H and O–H groups in total. The maximum atomic E-state index is 13.6. The fourth-order valence-electron chi connectivity index (χ4n) is 2.44. The molecule has 1 aliphatic heterocycles. The Hall–Kier alpha value is -2.63. The molecule has 0 fully saturated rings. The largest absolute Gasteiger partial charge is 0.493 e. The van der Waals surface area contributed by atoms with E-state index in [1.807, 2.05) is 24.3 Å². The van der Waals surface area contributed by atoms with E-state index in [9.17, 15) is 14.5 Å². The van der Waals surface area contributed by atoms with Gasteiger partial charge in [-0.25, -0.2) is 0 Å². The van der Waals surface area contributed by atoms with Crippen molar-refractivity contribution in [3.8, 4) is 5.75 Å². The lowest BCUT2D eigenvalue weighted by molar-refractivity contribution is -0.387. The zero-order chi connectivity index (χ0) is 14.8. The van der Waals surface area contributed by atoms with Gasteiger partial charge >= 0.3 is 5.69 Å². The second kappa shape index (κ2) is 5.40. The van der Waals surface area contributed by atoms with Crippen molar-refractivity contribution in [3.05, 3.63) is 64.0 Å². The lowest BCUT2D eigenvalue weighted by atomic mass is 10.0. The van der Waals surface area contributed by atoms with Crippen molar-refractivity contribution in [2.75, 3.05) is 11.9 Å². The first-order valence-electron chi connectivity index (χ1n) is 6.57. The Balaban J connectivity index is 1.85. The van der Waals surface area contributed by atoms with Crippen molar-refractivity contribution >= 4 is 11.4 Å². The Bertz CT molecular complexity index is 690. The van der Waals surface area contributed by atoms with Crippen LogP contribution in [0.1, 0.15) is 18.0 Å². The summed E-state index contributed by atoms with van der Waals surface area (Å²) in [5.41, 5.74) is 0.996. The number of fused-ring (bicyclic) bond motifs is 1. The van der Waals surface area contributed by atoms with Gasteiger partial charge in [-0.2, -0.15) is 4.39 Å². The van der Waals surface area contributed by atoms with Gasteiger partial charge in [0, 0.05) is 29.8 Å². The van der Waals surface area contributed by atoms with Crippen molar-refractivity contribution in [2.24, 2.45) is 0 Å². The Morgan fingerprint density at radius 1 is 1.29 bits per heavy atom. The zero-order valence-electron chi connectivity index (χ0n) is 11.1. The van der Waals surface area contributed by atoms with E-state index in [2.05, 4.69) is 5.32 Å². The third-order valence-electron chi connectivity index (χ3n) is 3.44. The molecule has 0 aromatic heterocycles. The molecule has 0 saturated heterocycles. The Morgan fingerprint density at radius 2 is 2.10 bits per heavy atom. The lowest BCUT2D eigenvalue weighted by Crippen LogP contribution is -2.20. The minimum Gasteiger partial charge on any atom is -0.493 e. The molecule has 0 radical (unpaired) electrons. The topological polar surface area (TPSA) is 64.4 Å². The molecule has 6 heteroatoms. The molecular formula is C15H13FN2O3. The van der Waals surface area contributed by atoms with Crippen LogP contribution in [0.5, 0.6) is 5.75 Å². The van der Waals surface area contributed by atoms with Gasteiger partial charge < -0.3 is 10.1 Å². The third-order valence-corrected chi connectivity index (χ3v) is 3.44. The lowest BCUT2D eigenvalue weighted by Gasteiger charge is -2.27. The molecule has 0 bridgehead atoms. The molecule has 3 rings (SSSR count). The molecule has 0 aliphatic carbocycles. The van der Waals surface area contributed by atoms with Gasteiger partial charge in [-0.1, -0.05) is 18.2 Å². The van der Waals surface area contributed by atoms with E-state index < -0.39 is 16.4 Å². The Morgan fingerprint density at radius 3 is 2.86 bits per heavy atom. The summed E-state index contributed by atoms with van der Waals surface area (Å²) in [4.78, 5) is 9.88. The maximum Gasteiger partial charge on any atom is 0.304 e. The molecule has 5 nitrogen and oxygen atoms in total. The highest BCUT2D eigenvalue weighted by Gasteiger charge is 2.22. The predicted molar refractivity (Wildman–Crippen MR) is 76.0 cm³/mol. The zero-order valence-corrected chi connectivity index (χ0v) is 11.1. The summed E-state index contributed by atoms with van der Waals surface area (Å²) in [6, 6.07) is 11.5. The van der Waals surface area contributed by atoms with Crippen molar-refractivity contribution in [3.63, 3.8) is 0 Å². The van der Waals surface area contributed by atoms with E-state index in [0.29, 0.717) is 12.3 Å². The average Bonchev–Trinajstić information content (AvgIpc) is 2.47. The minimum absolute atomic E-state index is 0.00388. The Kier molecular flexibility index (Phi) is 3.43. The summed E-state index contributed by atoms with van der Waals surface area (Å²) in [5.74, 6) is -0.0334. The van der Waals surface area contributed by atoms with Crippen molar-refractivity contribution in [1.29, 1.82) is 0 Å². The number of para-hydroxylation sites is 1. The van der Waals surface area contributed by atoms with Crippen LogP contribution in [0.3, 0.4) is 0 Å². The monoisotopic (exact) mass is 288 g/mol. The SMILES string of the molecule is O=[N+]([O-])c1ccc(NC2CCOc3ccccc32)cc1F. The highest BCUT2D eigenvalue weighted by Crippen LogP contribution is 2.34. The number of nitrogens with zero attached hydrogens (tertiary/aromatic N) is 1. The van der Waals surface area contributed by atoms with Gasteiger partial charge in [-0.3, -0.25) is 10.1 Å². The highest BCUT2D eigenvalue weighted by atomic mass is 19.1. The summed E-state index contributed by atoms with van der Waals surface area (Å²) >= 11 is 0. The number of anilines is 1. The van der Waals surface area contributed by atoms with Crippen LogP contribution in [0.4, 0.5) is 15.8 Å². The summed E-state index contributed by atoms with van der Waals surface area (Å²) in [5, 5.41) is 13.8. The standard InChI is InChI=1S/C15H13FN2O3/c16-12-9-10(5-6-14(12)18(19)20)17-13-7-8-21-15-4-2-1-3-11(13)15/h1-6,9,13,17H,7-8H2. The molecule has 1 heterocycles. The molecule has 1 aliphatic rings. The van der Waals surface area contributed by atoms with E-state index in [1.54, 1.807) is 0 Å². The molecule has 21 heavy (non-hydrogen) atoms. The number of rotatable bonds is 3.